The van der Waals surface area contributed by atoms with Gasteiger partial charge in [-0.05, 0) is 50.3 Å². The summed E-state index contributed by atoms with van der Waals surface area (Å²) in [5.41, 5.74) is 4.38. The summed E-state index contributed by atoms with van der Waals surface area (Å²) in [5, 5.41) is 1.82. The molecule has 1 saturated heterocycles. The predicted octanol–water partition coefficient (Wildman–Crippen LogP) is 6.67. The summed E-state index contributed by atoms with van der Waals surface area (Å²) < 4.78 is 19.7. The Morgan fingerprint density at radius 3 is 1.90 bits per heavy atom. The quantitative estimate of drug-likeness (QED) is 0.313. The van der Waals surface area contributed by atoms with Crippen molar-refractivity contribution >= 4 is 22.0 Å². The second-order valence-corrected chi connectivity index (χ2v) is 14.1. The van der Waals surface area contributed by atoms with Crippen molar-refractivity contribution in [1.82, 2.24) is 0 Å². The van der Waals surface area contributed by atoms with Crippen molar-refractivity contribution < 1.29 is 13.3 Å². The molecule has 2 aromatic carbocycles. The lowest BCUT2D eigenvalue weighted by atomic mass is 9.71. The maximum atomic E-state index is 6.55. The largest absolute Gasteiger partial charge is 0.509 e. The summed E-state index contributed by atoms with van der Waals surface area (Å²) in [6.45, 7) is 12.9. The van der Waals surface area contributed by atoms with Crippen LogP contribution in [0.15, 0.2) is 66.2 Å². The highest BCUT2D eigenvalue weighted by atomic mass is 31.1. The molecule has 0 radical (unpaired) electrons. The van der Waals surface area contributed by atoms with E-state index in [2.05, 4.69) is 95.3 Å². The average molecular weight is 455 g/mol. The van der Waals surface area contributed by atoms with Crippen molar-refractivity contribution in [3.05, 3.63) is 77.4 Å². The van der Waals surface area contributed by atoms with Gasteiger partial charge < -0.3 is 13.3 Å². The van der Waals surface area contributed by atoms with E-state index < -0.39 is 16.7 Å². The molecule has 2 aliphatic rings. The minimum Gasteiger partial charge on any atom is -0.373 e. The zero-order valence-corrected chi connectivity index (χ0v) is 21.3. The lowest BCUT2D eigenvalue weighted by Crippen LogP contribution is -2.58. The molecule has 2 aromatic rings. The van der Waals surface area contributed by atoms with Crippen LogP contribution in [-0.4, -0.2) is 40.1 Å². The molecule has 0 aliphatic carbocycles. The van der Waals surface area contributed by atoms with E-state index in [0.717, 1.165) is 0 Å². The zero-order valence-electron chi connectivity index (χ0n) is 19.4. The summed E-state index contributed by atoms with van der Waals surface area (Å²) in [6.07, 6.45) is 1.19. The van der Waals surface area contributed by atoms with Gasteiger partial charge in [0.2, 0.25) is 0 Å². The van der Waals surface area contributed by atoms with Crippen molar-refractivity contribution in [3.8, 4) is 0 Å². The second-order valence-electron chi connectivity index (χ2n) is 8.62. The molecule has 1 fully saturated rings. The van der Waals surface area contributed by atoms with Crippen molar-refractivity contribution in [2.45, 2.75) is 45.8 Å². The first-order valence-electron chi connectivity index (χ1n) is 11.5. The van der Waals surface area contributed by atoms with E-state index in [1.165, 1.54) is 17.3 Å². The third kappa shape index (κ3) is 3.77. The Bertz CT molecular complexity index is 900. The van der Waals surface area contributed by atoms with Crippen LogP contribution in [0.3, 0.4) is 0 Å². The van der Waals surface area contributed by atoms with Crippen molar-refractivity contribution in [2.75, 3.05) is 26.0 Å². The van der Waals surface area contributed by atoms with E-state index in [9.17, 15) is 0 Å². The molecule has 0 N–H and O–H groups in total. The molecule has 4 unspecified atom stereocenters. The van der Waals surface area contributed by atoms with E-state index in [0.29, 0.717) is 25.7 Å². The smallest absolute Gasteiger partial charge is 0.373 e. The number of hydrogen-bond donors (Lipinski definition) is 0. The van der Waals surface area contributed by atoms with Crippen LogP contribution in [0.2, 0.25) is 0 Å². The van der Waals surface area contributed by atoms with Gasteiger partial charge in [-0.2, -0.15) is 0 Å². The highest BCUT2D eigenvalue weighted by Gasteiger charge is 2.68. The van der Waals surface area contributed by atoms with E-state index in [4.69, 9.17) is 13.3 Å². The molecule has 2 bridgehead atoms. The molecule has 31 heavy (non-hydrogen) atoms. The van der Waals surface area contributed by atoms with Crippen molar-refractivity contribution in [3.63, 3.8) is 0 Å². The summed E-state index contributed by atoms with van der Waals surface area (Å²) in [6, 6.07) is 22.0. The third-order valence-corrected chi connectivity index (χ3v) is 15.1. The van der Waals surface area contributed by atoms with Crippen LogP contribution in [-0.2, 0) is 13.3 Å². The first kappa shape index (κ1) is 22.9. The number of fused-ring (bicyclic) bond motifs is 2. The number of benzene rings is 2. The Labute approximate surface area is 189 Å². The van der Waals surface area contributed by atoms with Crippen LogP contribution < -0.4 is 0 Å². The fraction of sp³-hybridized carbons (Fsp3) is 0.462. The van der Waals surface area contributed by atoms with Crippen LogP contribution in [0, 0.1) is 5.41 Å². The first-order chi connectivity index (χ1) is 15.0. The van der Waals surface area contributed by atoms with Crippen LogP contribution in [0.5, 0.6) is 0 Å². The molecule has 4 atom stereocenters. The number of hydrogen-bond acceptors (Lipinski definition) is 3. The van der Waals surface area contributed by atoms with Gasteiger partial charge >= 0.3 is 8.80 Å². The second kappa shape index (κ2) is 9.29. The Hall–Kier alpha value is -1.29. The van der Waals surface area contributed by atoms with E-state index in [1.807, 2.05) is 0 Å². The van der Waals surface area contributed by atoms with Gasteiger partial charge in [-0.15, -0.1) is 0 Å². The highest BCUT2D eigenvalue weighted by molar-refractivity contribution is 7.72. The zero-order chi connectivity index (χ0) is 22.1. The SMILES string of the molecule is CCO[Si](OCC)(OCC)C1C(c2ccccc2)C2(C)CP1C(c1ccccc1)=C2C. The molecule has 0 aromatic heterocycles. The molecular formula is C26H35O3PSi. The lowest BCUT2D eigenvalue weighted by Gasteiger charge is -2.45. The maximum Gasteiger partial charge on any atom is 0.509 e. The molecule has 5 heteroatoms. The monoisotopic (exact) mass is 454 g/mol. The Balaban J connectivity index is 1.93. The number of allylic oxidation sites excluding steroid dienone is 1. The highest BCUT2D eigenvalue weighted by Crippen LogP contribution is 2.79. The maximum absolute atomic E-state index is 6.55. The predicted molar refractivity (Wildman–Crippen MR) is 133 cm³/mol. The normalized spacial score (nSPS) is 27.8. The number of rotatable bonds is 9. The van der Waals surface area contributed by atoms with Gasteiger partial charge in [0.25, 0.3) is 0 Å². The fourth-order valence-electron chi connectivity index (χ4n) is 5.70. The standard InChI is InChI=1S/C26H35O3PSi/c1-6-27-31(28-7-2,29-8-3)25-23(21-15-11-9-12-16-21)26(5)19-30(25)24(20(26)4)22-17-13-10-14-18-22/h9-18,23,25H,6-8,19H2,1-5H3. The van der Waals surface area contributed by atoms with Gasteiger partial charge in [0.15, 0.2) is 0 Å². The molecule has 3 nitrogen and oxygen atoms in total. The molecule has 0 amide bonds. The summed E-state index contributed by atoms with van der Waals surface area (Å²) in [7, 11) is -3.40. The molecule has 4 rings (SSSR count). The van der Waals surface area contributed by atoms with Gasteiger partial charge in [-0.3, -0.25) is 0 Å². The average Bonchev–Trinajstić information content (AvgIpc) is 3.23. The topological polar surface area (TPSA) is 27.7 Å². The molecule has 2 heterocycles. The van der Waals surface area contributed by atoms with Crippen molar-refractivity contribution in [2.24, 2.45) is 5.41 Å². The van der Waals surface area contributed by atoms with Crippen LogP contribution >= 0.6 is 7.92 Å². The Morgan fingerprint density at radius 1 is 0.871 bits per heavy atom. The molecule has 0 spiro atoms. The van der Waals surface area contributed by atoms with Crippen molar-refractivity contribution in [1.29, 1.82) is 0 Å². The third-order valence-electron chi connectivity index (χ3n) is 6.94. The summed E-state index contributed by atoms with van der Waals surface area (Å²) in [5.74, 6) is 0.351. The van der Waals surface area contributed by atoms with E-state index in [-0.39, 0.29) is 10.7 Å². The summed E-state index contributed by atoms with van der Waals surface area (Å²) in [4.78, 5) is 0. The van der Waals surface area contributed by atoms with Crippen LogP contribution in [0.1, 0.15) is 51.7 Å². The molecule has 2 aliphatic heterocycles. The van der Waals surface area contributed by atoms with E-state index in [1.54, 1.807) is 10.9 Å². The van der Waals surface area contributed by atoms with Crippen LogP contribution in [0.4, 0.5) is 0 Å². The summed E-state index contributed by atoms with van der Waals surface area (Å²) >= 11 is 0. The lowest BCUT2D eigenvalue weighted by molar-refractivity contribution is 0.0648. The molecular weight excluding hydrogens is 419 g/mol. The van der Waals surface area contributed by atoms with Gasteiger partial charge in [0.05, 0.1) is 5.28 Å². The Morgan fingerprint density at radius 2 is 1.39 bits per heavy atom. The molecule has 0 saturated carbocycles. The van der Waals surface area contributed by atoms with Crippen LogP contribution in [0.25, 0.3) is 5.31 Å². The van der Waals surface area contributed by atoms with Gasteiger partial charge in [-0.1, -0.05) is 81.1 Å². The minimum atomic E-state index is -2.92. The van der Waals surface area contributed by atoms with Gasteiger partial charge in [-0.25, -0.2) is 0 Å². The van der Waals surface area contributed by atoms with E-state index >= 15 is 0 Å². The van der Waals surface area contributed by atoms with Gasteiger partial charge in [0, 0.05) is 31.2 Å². The minimum absolute atomic E-state index is 0.0897. The fourth-order valence-corrected chi connectivity index (χ4v) is 15.3. The van der Waals surface area contributed by atoms with Gasteiger partial charge in [0.1, 0.15) is 0 Å². The Kier molecular flexibility index (Phi) is 6.86. The first-order valence-corrected chi connectivity index (χ1v) is 14.9. The molecule has 166 valence electrons.